The van der Waals surface area contributed by atoms with E-state index in [2.05, 4.69) is 0 Å². The van der Waals surface area contributed by atoms with E-state index in [1.54, 1.807) is 48.5 Å². The number of hydrogen-bond acceptors (Lipinski definition) is 3. The first-order chi connectivity index (χ1) is 17.9. The van der Waals surface area contributed by atoms with E-state index in [4.69, 9.17) is 2.51 Å². The zero-order valence-corrected chi connectivity index (χ0v) is 23.7. The molecule has 1 atom stereocenters. The monoisotopic (exact) mass is 676 g/mol. The van der Waals surface area contributed by atoms with Gasteiger partial charge in [-0.1, -0.05) is 0 Å². The zero-order chi connectivity index (χ0) is 27.6. The van der Waals surface area contributed by atoms with Gasteiger partial charge in [0, 0.05) is 0 Å². The van der Waals surface area contributed by atoms with E-state index in [9.17, 15) is 34.8 Å². The molecular formula is C27H31F6IO3S. The summed E-state index contributed by atoms with van der Waals surface area (Å²) in [5.74, 6) is 0.672. The van der Waals surface area contributed by atoms with Crippen molar-refractivity contribution in [2.24, 2.45) is 0 Å². The first-order valence-corrected chi connectivity index (χ1v) is 17.3. The minimum atomic E-state index is -6.26. The quantitative estimate of drug-likeness (QED) is 0.207. The fourth-order valence-corrected chi connectivity index (χ4v) is 12.1. The Hall–Kier alpha value is -1.34. The Kier molecular flexibility index (Phi) is 9.39. The van der Waals surface area contributed by atoms with Crippen molar-refractivity contribution >= 4 is 30.4 Å². The van der Waals surface area contributed by atoms with Crippen molar-refractivity contribution in [1.29, 1.82) is 0 Å². The van der Waals surface area contributed by atoms with E-state index in [0.717, 1.165) is 75.3 Å². The molecule has 38 heavy (non-hydrogen) atoms. The second-order valence-corrected chi connectivity index (χ2v) is 16.6. The summed E-state index contributed by atoms with van der Waals surface area (Å²) < 4.78 is 111. The molecule has 2 saturated carbocycles. The third-order valence-electron chi connectivity index (χ3n) is 7.35. The second-order valence-electron chi connectivity index (χ2n) is 10.0. The standard InChI is InChI=1S/C27H31F6IO3S/c28-25(26(29,30)31)27(32,33)38(35,36)37-34(23-15-11-21(12-16-23)19-7-3-1-4-8-19)24-17-13-22(14-18-24)20-9-5-2-6-10-20/h11-20,25H,1-10H2. The summed E-state index contributed by atoms with van der Waals surface area (Å²) in [4.78, 5) is 0. The summed E-state index contributed by atoms with van der Waals surface area (Å²) in [6.07, 6.45) is -0.222. The van der Waals surface area contributed by atoms with Gasteiger partial charge in [-0.2, -0.15) is 0 Å². The van der Waals surface area contributed by atoms with Crippen LogP contribution >= 0.6 is 20.2 Å². The maximum absolute atomic E-state index is 14.3. The minimum absolute atomic E-state index is 0.320. The molecule has 2 aliphatic rings. The summed E-state index contributed by atoms with van der Waals surface area (Å²) >= 11 is -3.73. The third kappa shape index (κ3) is 6.68. The summed E-state index contributed by atoms with van der Waals surface area (Å²) in [6.45, 7) is 0. The predicted octanol–water partition coefficient (Wildman–Crippen LogP) is 9.08. The van der Waals surface area contributed by atoms with E-state index < -0.39 is 48.0 Å². The molecule has 0 radical (unpaired) electrons. The molecule has 2 fully saturated rings. The topological polar surface area (TPSA) is 43.4 Å². The Balaban J connectivity index is 1.66. The van der Waals surface area contributed by atoms with Crippen molar-refractivity contribution in [3.8, 4) is 0 Å². The van der Waals surface area contributed by atoms with Crippen molar-refractivity contribution in [3.05, 3.63) is 66.8 Å². The number of benzene rings is 2. The van der Waals surface area contributed by atoms with Crippen LogP contribution in [0.15, 0.2) is 48.5 Å². The molecule has 212 valence electrons. The molecule has 0 heterocycles. The first kappa shape index (κ1) is 29.6. The number of alkyl halides is 6. The van der Waals surface area contributed by atoms with Crippen LogP contribution in [0.4, 0.5) is 26.3 Å². The van der Waals surface area contributed by atoms with Gasteiger partial charge in [-0.3, -0.25) is 0 Å². The van der Waals surface area contributed by atoms with Crippen molar-refractivity contribution in [2.45, 2.75) is 93.6 Å². The number of hydrogen-bond donors (Lipinski definition) is 0. The molecule has 1 unspecified atom stereocenters. The van der Waals surface area contributed by atoms with Crippen LogP contribution in [0.2, 0.25) is 0 Å². The van der Waals surface area contributed by atoms with E-state index in [1.165, 1.54) is 0 Å². The van der Waals surface area contributed by atoms with Crippen LogP contribution in [0, 0.1) is 7.14 Å². The number of halogens is 7. The van der Waals surface area contributed by atoms with Crippen LogP contribution in [0.25, 0.3) is 0 Å². The van der Waals surface area contributed by atoms with Gasteiger partial charge in [-0.15, -0.1) is 0 Å². The molecule has 2 aromatic rings. The van der Waals surface area contributed by atoms with Gasteiger partial charge in [-0.25, -0.2) is 0 Å². The molecule has 0 amide bonds. The molecule has 3 nitrogen and oxygen atoms in total. The van der Waals surface area contributed by atoms with Gasteiger partial charge in [0.15, 0.2) is 0 Å². The summed E-state index contributed by atoms with van der Waals surface area (Å²) in [6, 6.07) is 13.6. The van der Waals surface area contributed by atoms with Gasteiger partial charge in [-0.05, 0) is 0 Å². The zero-order valence-electron chi connectivity index (χ0n) is 20.7. The van der Waals surface area contributed by atoms with Crippen LogP contribution in [-0.2, 0) is 12.6 Å². The average molecular weight is 677 g/mol. The van der Waals surface area contributed by atoms with E-state index in [-0.39, 0.29) is 0 Å². The van der Waals surface area contributed by atoms with Gasteiger partial charge in [0.05, 0.1) is 0 Å². The Labute approximate surface area is 227 Å². The first-order valence-electron chi connectivity index (χ1n) is 12.8. The van der Waals surface area contributed by atoms with Crippen LogP contribution in [-0.4, -0.2) is 26.0 Å². The van der Waals surface area contributed by atoms with Gasteiger partial charge in [0.2, 0.25) is 0 Å². The van der Waals surface area contributed by atoms with Crippen LogP contribution in [0.3, 0.4) is 0 Å². The van der Waals surface area contributed by atoms with Crippen LogP contribution in [0.5, 0.6) is 0 Å². The Bertz CT molecular complexity index is 1100. The van der Waals surface area contributed by atoms with E-state index in [1.807, 2.05) is 0 Å². The van der Waals surface area contributed by atoms with Gasteiger partial charge < -0.3 is 0 Å². The molecule has 2 aromatic carbocycles. The van der Waals surface area contributed by atoms with Gasteiger partial charge in [0.25, 0.3) is 0 Å². The molecular weight excluding hydrogens is 645 g/mol. The Morgan fingerprint density at radius 3 is 1.39 bits per heavy atom. The molecule has 2 aliphatic carbocycles. The van der Waals surface area contributed by atoms with Crippen molar-refractivity contribution < 1.29 is 37.3 Å². The second kappa shape index (κ2) is 12.0. The normalized spacial score (nSPS) is 19.8. The molecule has 0 spiro atoms. The third-order valence-corrected chi connectivity index (χ3v) is 14.7. The van der Waals surface area contributed by atoms with Crippen molar-refractivity contribution in [2.75, 3.05) is 0 Å². The molecule has 0 aromatic heterocycles. The van der Waals surface area contributed by atoms with Gasteiger partial charge >= 0.3 is 228 Å². The molecule has 11 heteroatoms. The predicted molar refractivity (Wildman–Crippen MR) is 142 cm³/mol. The Morgan fingerprint density at radius 1 is 0.684 bits per heavy atom. The van der Waals surface area contributed by atoms with Crippen molar-refractivity contribution in [3.63, 3.8) is 0 Å². The fourth-order valence-electron chi connectivity index (χ4n) is 5.21. The molecule has 4 rings (SSSR count). The Morgan fingerprint density at radius 2 is 1.05 bits per heavy atom. The fraction of sp³-hybridized carbons (Fsp3) is 0.556. The summed E-state index contributed by atoms with van der Waals surface area (Å²) in [5, 5.41) is -5.79. The van der Waals surface area contributed by atoms with E-state index in [0.29, 0.717) is 19.0 Å². The van der Waals surface area contributed by atoms with Gasteiger partial charge in [0.1, 0.15) is 0 Å². The van der Waals surface area contributed by atoms with E-state index >= 15 is 0 Å². The SMILES string of the molecule is O=S(=O)(OI(c1ccc(C2CCCCC2)cc1)c1ccc(C2CCCCC2)cc1)C(F)(F)C(F)C(F)(F)F. The maximum atomic E-state index is 14.3. The van der Waals surface area contributed by atoms with Crippen molar-refractivity contribution in [1.82, 2.24) is 0 Å². The number of rotatable bonds is 8. The summed E-state index contributed by atoms with van der Waals surface area (Å²) in [5.41, 5.74) is 2.07. The molecule has 0 bridgehead atoms. The van der Waals surface area contributed by atoms with Crippen LogP contribution in [0.1, 0.15) is 87.2 Å². The molecule has 0 aliphatic heterocycles. The molecule has 0 N–H and O–H groups in total. The summed E-state index contributed by atoms with van der Waals surface area (Å²) in [7, 11) is -6.26. The molecule has 0 saturated heterocycles. The van der Waals surface area contributed by atoms with Crippen LogP contribution < -0.4 is 0 Å². The average Bonchev–Trinajstić information content (AvgIpc) is 2.92.